The summed E-state index contributed by atoms with van der Waals surface area (Å²) in [6.07, 6.45) is 43.5. The molecular weight excluding hydrogens is 701 g/mol. The molecule has 2 atom stereocenters. The van der Waals surface area contributed by atoms with Crippen LogP contribution < -0.4 is 4.89 Å². The highest BCUT2D eigenvalue weighted by atomic mass is 31.2. The first kappa shape index (κ1) is 51.5. The van der Waals surface area contributed by atoms with Crippen molar-refractivity contribution in [1.29, 1.82) is 0 Å². The zero-order chi connectivity index (χ0) is 40.0. The van der Waals surface area contributed by atoms with E-state index in [0.717, 1.165) is 77.0 Å². The maximum absolute atomic E-state index is 12.6. The number of carbonyl (C=O) groups excluding carboxylic acids is 2. The average Bonchev–Trinajstić information content (AvgIpc) is 3.12. The van der Waals surface area contributed by atoms with Crippen LogP contribution in [0.3, 0.4) is 0 Å². The van der Waals surface area contributed by atoms with Gasteiger partial charge in [-0.15, -0.1) is 0 Å². The van der Waals surface area contributed by atoms with E-state index in [1.54, 1.807) is 0 Å². The number of unbranched alkanes of at least 4 members (excludes halogenated alkanes) is 14. The van der Waals surface area contributed by atoms with Crippen LogP contribution in [-0.4, -0.2) is 70.0 Å². The summed E-state index contributed by atoms with van der Waals surface area (Å²) in [6, 6.07) is 0. The van der Waals surface area contributed by atoms with Gasteiger partial charge in [0.1, 0.15) is 19.8 Å². The van der Waals surface area contributed by atoms with Gasteiger partial charge in [0, 0.05) is 12.8 Å². The number of phosphoric acid groups is 1. The Morgan fingerprint density at radius 3 is 1.59 bits per heavy atom. The second kappa shape index (κ2) is 36.1. The smallest absolute Gasteiger partial charge is 0.306 e. The summed E-state index contributed by atoms with van der Waals surface area (Å²) in [5.41, 5.74) is 0. The lowest BCUT2D eigenvalue weighted by Gasteiger charge is -2.28. The highest BCUT2D eigenvalue weighted by Gasteiger charge is 2.21. The molecule has 0 amide bonds. The van der Waals surface area contributed by atoms with E-state index in [2.05, 4.69) is 56.4 Å². The fraction of sp³-hybridized carbons (Fsp3) is 0.682. The number of esters is 2. The maximum atomic E-state index is 12.6. The Morgan fingerprint density at radius 2 is 1.06 bits per heavy atom. The molecule has 0 aromatic carbocycles. The van der Waals surface area contributed by atoms with E-state index in [1.807, 2.05) is 51.5 Å². The molecule has 0 spiro atoms. The normalized spacial score (nSPS) is 14.4. The highest BCUT2D eigenvalue weighted by molar-refractivity contribution is 7.45. The Balaban J connectivity index is 4.49. The Kier molecular flexibility index (Phi) is 34.4. The van der Waals surface area contributed by atoms with Gasteiger partial charge < -0.3 is 27.9 Å². The second-order valence-corrected chi connectivity index (χ2v) is 16.1. The van der Waals surface area contributed by atoms with Gasteiger partial charge in [-0.3, -0.25) is 14.2 Å². The molecule has 0 aromatic heterocycles. The van der Waals surface area contributed by atoms with Crippen LogP contribution in [0, 0.1) is 0 Å². The van der Waals surface area contributed by atoms with Gasteiger partial charge in [-0.1, -0.05) is 145 Å². The first-order valence-electron chi connectivity index (χ1n) is 20.7. The van der Waals surface area contributed by atoms with Gasteiger partial charge in [0.25, 0.3) is 7.82 Å². The minimum Gasteiger partial charge on any atom is -0.756 e. The number of allylic oxidation sites excluding steroid dienone is 12. The molecule has 0 aliphatic carbocycles. The Labute approximate surface area is 329 Å². The van der Waals surface area contributed by atoms with Gasteiger partial charge >= 0.3 is 11.9 Å². The van der Waals surface area contributed by atoms with Crippen LogP contribution in [0.4, 0.5) is 0 Å². The van der Waals surface area contributed by atoms with Crippen LogP contribution in [0.15, 0.2) is 72.9 Å². The third kappa shape index (κ3) is 39.2. The molecule has 0 heterocycles. The Bertz CT molecular complexity index is 1150. The molecular formula is C44H76NO8P. The van der Waals surface area contributed by atoms with E-state index >= 15 is 0 Å². The monoisotopic (exact) mass is 778 g/mol. The molecule has 0 saturated heterocycles. The predicted octanol–water partition coefficient (Wildman–Crippen LogP) is 10.8. The number of likely N-dealkylation sites (N-methyl/N-ethyl adjacent to an activating group) is 1. The predicted molar refractivity (Wildman–Crippen MR) is 222 cm³/mol. The van der Waals surface area contributed by atoms with Gasteiger partial charge in [-0.2, -0.15) is 0 Å². The van der Waals surface area contributed by atoms with Crippen molar-refractivity contribution in [2.75, 3.05) is 47.5 Å². The summed E-state index contributed by atoms with van der Waals surface area (Å²) in [5, 5.41) is 0. The van der Waals surface area contributed by atoms with Crippen molar-refractivity contribution in [3.05, 3.63) is 72.9 Å². The van der Waals surface area contributed by atoms with Crippen molar-refractivity contribution >= 4 is 19.8 Å². The molecule has 310 valence electrons. The molecule has 0 bridgehead atoms. The van der Waals surface area contributed by atoms with Crippen LogP contribution in [0.2, 0.25) is 0 Å². The minimum absolute atomic E-state index is 0.0421. The fourth-order valence-electron chi connectivity index (χ4n) is 5.07. The molecule has 0 fully saturated rings. The first-order valence-corrected chi connectivity index (χ1v) is 22.2. The van der Waals surface area contributed by atoms with E-state index in [0.29, 0.717) is 23.9 Å². The van der Waals surface area contributed by atoms with E-state index in [-0.39, 0.29) is 26.1 Å². The van der Waals surface area contributed by atoms with Crippen molar-refractivity contribution < 1.29 is 42.1 Å². The summed E-state index contributed by atoms with van der Waals surface area (Å²) in [6.45, 7) is 3.99. The molecule has 54 heavy (non-hydrogen) atoms. The molecule has 0 rings (SSSR count). The molecule has 0 aliphatic rings. The molecule has 0 radical (unpaired) electrons. The number of carbonyl (C=O) groups is 2. The van der Waals surface area contributed by atoms with Crippen molar-refractivity contribution in [2.24, 2.45) is 0 Å². The second-order valence-electron chi connectivity index (χ2n) is 14.7. The van der Waals surface area contributed by atoms with Gasteiger partial charge in [-0.05, 0) is 57.8 Å². The quantitative estimate of drug-likeness (QED) is 0.0203. The van der Waals surface area contributed by atoms with Crippen LogP contribution in [-0.2, 0) is 32.7 Å². The van der Waals surface area contributed by atoms with Gasteiger partial charge in [0.2, 0.25) is 0 Å². The van der Waals surface area contributed by atoms with Gasteiger partial charge in [0.15, 0.2) is 6.10 Å². The lowest BCUT2D eigenvalue weighted by molar-refractivity contribution is -0.870. The van der Waals surface area contributed by atoms with Crippen LogP contribution in [0.1, 0.15) is 142 Å². The summed E-state index contributed by atoms with van der Waals surface area (Å²) < 4.78 is 33.8. The molecule has 9 nitrogen and oxygen atoms in total. The van der Waals surface area contributed by atoms with E-state index in [4.69, 9.17) is 18.5 Å². The van der Waals surface area contributed by atoms with Crippen LogP contribution in [0.5, 0.6) is 0 Å². The Hall–Kier alpha value is -2.55. The number of hydrogen-bond acceptors (Lipinski definition) is 8. The largest absolute Gasteiger partial charge is 0.756 e. The molecule has 1 unspecified atom stereocenters. The first-order chi connectivity index (χ1) is 26.0. The van der Waals surface area contributed by atoms with Crippen LogP contribution in [0.25, 0.3) is 0 Å². The molecule has 0 saturated carbocycles. The molecule has 0 N–H and O–H groups in total. The summed E-state index contributed by atoms with van der Waals surface area (Å²) in [7, 11) is 1.12. The SMILES string of the molecule is CC/C=C/C=C/C=C/C=C/CCCCCCCC(=O)OC[C@H](COP(=O)([O-])OCC[N+](C)(C)C)OC(=O)CCCCCCC/C=C/C=C/CCCCCC. The number of rotatable bonds is 36. The van der Waals surface area contributed by atoms with Crippen molar-refractivity contribution in [2.45, 2.75) is 148 Å². The third-order valence-electron chi connectivity index (χ3n) is 8.33. The van der Waals surface area contributed by atoms with Gasteiger partial charge in [-0.25, -0.2) is 0 Å². The number of phosphoric ester groups is 1. The lowest BCUT2D eigenvalue weighted by Crippen LogP contribution is -2.37. The topological polar surface area (TPSA) is 111 Å². The number of nitrogens with zero attached hydrogens (tertiary/aromatic N) is 1. The third-order valence-corrected chi connectivity index (χ3v) is 9.30. The zero-order valence-corrected chi connectivity index (χ0v) is 35.5. The number of ether oxygens (including phenoxy) is 2. The Morgan fingerprint density at radius 1 is 0.593 bits per heavy atom. The summed E-state index contributed by atoms with van der Waals surface area (Å²) in [4.78, 5) is 37.4. The molecule has 0 aliphatic heterocycles. The fourth-order valence-corrected chi connectivity index (χ4v) is 5.79. The molecule has 10 heteroatoms. The van der Waals surface area contributed by atoms with E-state index in [9.17, 15) is 19.0 Å². The van der Waals surface area contributed by atoms with Crippen molar-refractivity contribution in [1.82, 2.24) is 0 Å². The zero-order valence-electron chi connectivity index (χ0n) is 34.6. The van der Waals surface area contributed by atoms with Crippen LogP contribution >= 0.6 is 7.82 Å². The summed E-state index contributed by atoms with van der Waals surface area (Å²) in [5.74, 6) is -0.888. The average molecular weight is 778 g/mol. The number of quaternary nitrogens is 1. The maximum Gasteiger partial charge on any atom is 0.306 e. The van der Waals surface area contributed by atoms with Gasteiger partial charge in [0.05, 0.1) is 27.7 Å². The number of hydrogen-bond donors (Lipinski definition) is 0. The van der Waals surface area contributed by atoms with E-state index < -0.39 is 32.5 Å². The molecule has 0 aromatic rings. The lowest BCUT2D eigenvalue weighted by atomic mass is 10.1. The van der Waals surface area contributed by atoms with Crippen molar-refractivity contribution in [3.8, 4) is 0 Å². The highest BCUT2D eigenvalue weighted by Crippen LogP contribution is 2.38. The van der Waals surface area contributed by atoms with Crippen molar-refractivity contribution in [3.63, 3.8) is 0 Å². The summed E-state index contributed by atoms with van der Waals surface area (Å²) >= 11 is 0. The van der Waals surface area contributed by atoms with E-state index in [1.165, 1.54) is 25.7 Å². The standard InChI is InChI=1S/C44H76NO8P/c1-6-8-10-12-14-16-18-20-22-24-26-28-30-32-34-36-43(46)50-40-42(41-52-54(48,49)51-39-38-45(3,4)5)53-44(47)37-35-33-31-29-27-25-23-21-19-17-15-13-11-9-7-2/h8,10,12,14,16-23,42H,6-7,9,11,13,15,24-41H2,1-5H3/b10-8+,14-12+,18-16+,19-17+,22-20+,23-21+/t42-/m1/s1. The minimum atomic E-state index is -4.64.